The molecule has 2 nitrogen and oxygen atoms in total. The molecule has 1 fully saturated rings. The lowest BCUT2D eigenvalue weighted by molar-refractivity contribution is -0.136. The minimum absolute atomic E-state index is 0.230. The van der Waals surface area contributed by atoms with Gasteiger partial charge in [0.15, 0.2) is 0 Å². The van der Waals surface area contributed by atoms with E-state index < -0.39 is 12.6 Å². The van der Waals surface area contributed by atoms with Crippen molar-refractivity contribution in [2.75, 3.05) is 26.2 Å². The summed E-state index contributed by atoms with van der Waals surface area (Å²) in [6, 6.07) is 0.528. The fourth-order valence-electron chi connectivity index (χ4n) is 2.24. The van der Waals surface area contributed by atoms with Gasteiger partial charge in [-0.2, -0.15) is 13.2 Å². The fourth-order valence-corrected chi connectivity index (χ4v) is 2.24. The van der Waals surface area contributed by atoms with Crippen molar-refractivity contribution in [3.8, 4) is 0 Å². The lowest BCUT2D eigenvalue weighted by Crippen LogP contribution is -2.40. The zero-order valence-corrected chi connectivity index (χ0v) is 10.5. The first-order valence-electron chi connectivity index (χ1n) is 6.54. The lowest BCUT2D eigenvalue weighted by atomic mass is 10.1. The summed E-state index contributed by atoms with van der Waals surface area (Å²) >= 11 is 0. The second-order valence-electron chi connectivity index (χ2n) is 4.76. The van der Waals surface area contributed by atoms with Crippen LogP contribution in [0.3, 0.4) is 0 Å². The minimum Gasteiger partial charge on any atom is -0.314 e. The molecule has 1 atom stereocenters. The molecule has 1 heterocycles. The molecule has 1 saturated heterocycles. The number of hydrogen-bond acceptors (Lipinski definition) is 2. The van der Waals surface area contributed by atoms with E-state index in [1.807, 2.05) is 0 Å². The maximum Gasteiger partial charge on any atom is 0.389 e. The first-order chi connectivity index (χ1) is 8.01. The van der Waals surface area contributed by atoms with Gasteiger partial charge in [0.2, 0.25) is 0 Å². The van der Waals surface area contributed by atoms with Crippen LogP contribution >= 0.6 is 0 Å². The van der Waals surface area contributed by atoms with E-state index >= 15 is 0 Å². The van der Waals surface area contributed by atoms with Crippen molar-refractivity contribution in [3.63, 3.8) is 0 Å². The Kier molecular flexibility index (Phi) is 6.27. The zero-order chi connectivity index (χ0) is 12.7. The van der Waals surface area contributed by atoms with Gasteiger partial charge >= 0.3 is 6.18 Å². The Hall–Kier alpha value is -0.290. The number of halogens is 3. The summed E-state index contributed by atoms with van der Waals surface area (Å²) in [5, 5.41) is 3.47. The van der Waals surface area contributed by atoms with Crippen molar-refractivity contribution >= 4 is 0 Å². The Balaban J connectivity index is 2.22. The van der Waals surface area contributed by atoms with E-state index in [-0.39, 0.29) is 6.42 Å². The van der Waals surface area contributed by atoms with Gasteiger partial charge in [0.25, 0.3) is 0 Å². The summed E-state index contributed by atoms with van der Waals surface area (Å²) in [5.74, 6) is 0. The van der Waals surface area contributed by atoms with Crippen LogP contribution < -0.4 is 5.32 Å². The van der Waals surface area contributed by atoms with Gasteiger partial charge in [0.05, 0.1) is 0 Å². The Bertz CT molecular complexity index is 206. The Morgan fingerprint density at radius 2 is 2.06 bits per heavy atom. The van der Waals surface area contributed by atoms with E-state index in [0.717, 1.165) is 38.9 Å². The van der Waals surface area contributed by atoms with Crippen molar-refractivity contribution in [2.24, 2.45) is 0 Å². The van der Waals surface area contributed by atoms with E-state index in [0.29, 0.717) is 12.6 Å². The molecule has 17 heavy (non-hydrogen) atoms. The number of nitrogens with zero attached hydrogens (tertiary/aromatic N) is 1. The SMILES string of the molecule is CCC1CCN(CCCC(F)(F)F)CCCN1. The maximum absolute atomic E-state index is 12.0. The second kappa shape index (κ2) is 7.21. The molecule has 5 heteroatoms. The molecule has 0 aliphatic carbocycles. The Morgan fingerprint density at radius 1 is 1.29 bits per heavy atom. The van der Waals surface area contributed by atoms with Crippen LogP contribution in [0.1, 0.15) is 39.0 Å². The molecule has 0 aromatic rings. The highest BCUT2D eigenvalue weighted by molar-refractivity contribution is 4.72. The first-order valence-corrected chi connectivity index (χ1v) is 6.54. The molecule has 0 aromatic heterocycles. The van der Waals surface area contributed by atoms with Gasteiger partial charge in [-0.3, -0.25) is 0 Å². The molecular weight excluding hydrogens is 229 g/mol. The highest BCUT2D eigenvalue weighted by Gasteiger charge is 2.26. The highest BCUT2D eigenvalue weighted by Crippen LogP contribution is 2.21. The summed E-state index contributed by atoms with van der Waals surface area (Å²) in [5.41, 5.74) is 0. The molecule has 0 saturated carbocycles. The highest BCUT2D eigenvalue weighted by atomic mass is 19.4. The summed E-state index contributed by atoms with van der Waals surface area (Å²) in [6.07, 6.45) is -1.26. The molecule has 0 aromatic carbocycles. The molecule has 1 N–H and O–H groups in total. The Morgan fingerprint density at radius 3 is 2.71 bits per heavy atom. The van der Waals surface area contributed by atoms with Crippen molar-refractivity contribution in [1.82, 2.24) is 10.2 Å². The van der Waals surface area contributed by atoms with Gasteiger partial charge in [0, 0.05) is 12.5 Å². The smallest absolute Gasteiger partial charge is 0.314 e. The third-order valence-electron chi connectivity index (χ3n) is 3.31. The van der Waals surface area contributed by atoms with Crippen molar-refractivity contribution in [2.45, 2.75) is 51.2 Å². The van der Waals surface area contributed by atoms with Gasteiger partial charge in [-0.15, -0.1) is 0 Å². The molecule has 0 bridgehead atoms. The summed E-state index contributed by atoms with van der Waals surface area (Å²) in [6.45, 7) is 5.54. The molecule has 1 aliphatic rings. The van der Waals surface area contributed by atoms with E-state index in [9.17, 15) is 13.2 Å². The first kappa shape index (κ1) is 14.8. The van der Waals surface area contributed by atoms with Crippen LogP contribution in [0.4, 0.5) is 13.2 Å². The van der Waals surface area contributed by atoms with E-state index in [1.54, 1.807) is 0 Å². The van der Waals surface area contributed by atoms with E-state index in [1.165, 1.54) is 0 Å². The van der Waals surface area contributed by atoms with Crippen molar-refractivity contribution in [3.05, 3.63) is 0 Å². The van der Waals surface area contributed by atoms with Crippen LogP contribution in [-0.2, 0) is 0 Å². The van der Waals surface area contributed by atoms with Gasteiger partial charge in [-0.1, -0.05) is 6.92 Å². The van der Waals surface area contributed by atoms with Gasteiger partial charge in [-0.05, 0) is 51.9 Å². The normalized spacial score (nSPS) is 24.4. The fraction of sp³-hybridized carbons (Fsp3) is 1.00. The van der Waals surface area contributed by atoms with Gasteiger partial charge in [0.1, 0.15) is 0 Å². The van der Waals surface area contributed by atoms with Crippen LogP contribution in [0.15, 0.2) is 0 Å². The average molecular weight is 252 g/mol. The molecular formula is C12H23F3N2. The Labute approximate surface area is 102 Å². The van der Waals surface area contributed by atoms with E-state index in [2.05, 4.69) is 17.1 Å². The monoisotopic (exact) mass is 252 g/mol. The summed E-state index contributed by atoms with van der Waals surface area (Å²) in [7, 11) is 0. The third-order valence-corrected chi connectivity index (χ3v) is 3.31. The maximum atomic E-state index is 12.0. The molecule has 102 valence electrons. The molecule has 1 aliphatic heterocycles. The quantitative estimate of drug-likeness (QED) is 0.827. The minimum atomic E-state index is -4.00. The van der Waals surface area contributed by atoms with Crippen LogP contribution in [-0.4, -0.2) is 43.3 Å². The van der Waals surface area contributed by atoms with Crippen LogP contribution in [0.5, 0.6) is 0 Å². The topological polar surface area (TPSA) is 15.3 Å². The van der Waals surface area contributed by atoms with Crippen LogP contribution in [0, 0.1) is 0 Å². The van der Waals surface area contributed by atoms with Crippen LogP contribution in [0.25, 0.3) is 0 Å². The zero-order valence-electron chi connectivity index (χ0n) is 10.5. The predicted octanol–water partition coefficient (Wildman–Crippen LogP) is 2.79. The molecule has 1 rings (SSSR count). The number of nitrogens with one attached hydrogen (secondary N) is 1. The molecule has 1 unspecified atom stereocenters. The number of rotatable bonds is 4. The molecule has 0 amide bonds. The van der Waals surface area contributed by atoms with Crippen molar-refractivity contribution < 1.29 is 13.2 Å². The third kappa shape index (κ3) is 6.88. The predicted molar refractivity (Wildman–Crippen MR) is 63.0 cm³/mol. The van der Waals surface area contributed by atoms with Crippen LogP contribution in [0.2, 0.25) is 0 Å². The summed E-state index contributed by atoms with van der Waals surface area (Å²) < 4.78 is 36.1. The lowest BCUT2D eigenvalue weighted by Gasteiger charge is -2.28. The van der Waals surface area contributed by atoms with Gasteiger partial charge in [-0.25, -0.2) is 0 Å². The molecule has 0 radical (unpaired) electrons. The largest absolute Gasteiger partial charge is 0.389 e. The average Bonchev–Trinajstić information content (AvgIpc) is 2.20. The van der Waals surface area contributed by atoms with Gasteiger partial charge < -0.3 is 10.2 Å². The standard InChI is InChI=1S/C12H23F3N2/c1-2-11-5-10-17(9-4-7-16-11)8-3-6-12(13,14)15/h11,16H,2-10H2,1H3. The number of hydrogen-bond donors (Lipinski definition) is 1. The number of alkyl halides is 3. The van der Waals surface area contributed by atoms with E-state index in [4.69, 9.17) is 0 Å². The molecule has 0 spiro atoms. The summed E-state index contributed by atoms with van der Waals surface area (Å²) in [4.78, 5) is 2.18. The second-order valence-corrected chi connectivity index (χ2v) is 4.76. The van der Waals surface area contributed by atoms with Crippen molar-refractivity contribution in [1.29, 1.82) is 0 Å².